The van der Waals surface area contributed by atoms with Gasteiger partial charge in [0.1, 0.15) is 5.54 Å². The van der Waals surface area contributed by atoms with Gasteiger partial charge in [-0.05, 0) is 43.9 Å². The molecular formula is C16H27N3O2. The number of amidine groups is 1. The fourth-order valence-corrected chi connectivity index (χ4v) is 4.77. The lowest BCUT2D eigenvalue weighted by Gasteiger charge is -2.34. The van der Waals surface area contributed by atoms with E-state index in [2.05, 4.69) is 10.5 Å². The first kappa shape index (κ1) is 14.7. The van der Waals surface area contributed by atoms with Crippen LogP contribution >= 0.6 is 0 Å². The number of nitrogens with zero attached hydrogens (tertiary/aromatic N) is 1. The highest BCUT2D eigenvalue weighted by molar-refractivity contribution is 5.94. The first-order chi connectivity index (χ1) is 10.1. The highest BCUT2D eigenvalue weighted by Crippen LogP contribution is 2.48. The molecule has 3 aliphatic carbocycles. The van der Waals surface area contributed by atoms with E-state index >= 15 is 0 Å². The average Bonchev–Trinajstić information content (AvgIpc) is 3.05. The molecule has 3 aliphatic rings. The molecule has 118 valence electrons. The Morgan fingerprint density at radius 1 is 1.14 bits per heavy atom. The van der Waals surface area contributed by atoms with Gasteiger partial charge in [-0.3, -0.25) is 4.79 Å². The Balaban J connectivity index is 1.73. The third-order valence-corrected chi connectivity index (χ3v) is 5.99. The Labute approximate surface area is 126 Å². The van der Waals surface area contributed by atoms with E-state index < -0.39 is 5.54 Å². The molecule has 5 heteroatoms. The third kappa shape index (κ3) is 2.74. The number of fused-ring (bicyclic) bond motifs is 2. The predicted octanol–water partition coefficient (Wildman–Crippen LogP) is 2.38. The highest BCUT2D eigenvalue weighted by Gasteiger charge is 2.46. The summed E-state index contributed by atoms with van der Waals surface area (Å²) in [6.07, 6.45) is 10.7. The van der Waals surface area contributed by atoms with Gasteiger partial charge in [0.05, 0.1) is 0 Å². The molecule has 4 N–H and O–H groups in total. The Bertz CT molecular complexity index is 427. The van der Waals surface area contributed by atoms with Crippen molar-refractivity contribution >= 4 is 11.7 Å². The van der Waals surface area contributed by atoms with E-state index in [1.807, 2.05) is 0 Å². The largest absolute Gasteiger partial charge is 0.409 e. The number of rotatable bonds is 3. The minimum absolute atomic E-state index is 0.135. The van der Waals surface area contributed by atoms with Gasteiger partial charge in [-0.25, -0.2) is 0 Å². The first-order valence-corrected chi connectivity index (χ1v) is 8.45. The van der Waals surface area contributed by atoms with Gasteiger partial charge in [-0.15, -0.1) is 0 Å². The third-order valence-electron chi connectivity index (χ3n) is 5.99. The second-order valence-corrected chi connectivity index (χ2v) is 7.25. The molecule has 1 amide bonds. The summed E-state index contributed by atoms with van der Waals surface area (Å²) in [4.78, 5) is 12.7. The summed E-state index contributed by atoms with van der Waals surface area (Å²) in [5, 5.41) is 15.6. The number of hydrogen-bond acceptors (Lipinski definition) is 3. The molecule has 0 saturated heterocycles. The zero-order chi connectivity index (χ0) is 14.9. The number of carbonyl (C=O) groups is 1. The maximum atomic E-state index is 12.7. The maximum Gasteiger partial charge on any atom is 0.224 e. The SMILES string of the molecule is N/C(=N/O)C1(NC(=O)C2CC3CCC2C3)CCCCCC1. The fraction of sp³-hybridized carbons (Fsp3) is 0.875. The van der Waals surface area contributed by atoms with Crippen molar-refractivity contribution in [3.63, 3.8) is 0 Å². The molecular weight excluding hydrogens is 266 g/mol. The summed E-state index contributed by atoms with van der Waals surface area (Å²) in [6, 6.07) is 0. The van der Waals surface area contributed by atoms with E-state index in [9.17, 15) is 4.79 Å². The highest BCUT2D eigenvalue weighted by atomic mass is 16.4. The number of hydrogen-bond donors (Lipinski definition) is 3. The number of nitrogens with one attached hydrogen (secondary N) is 1. The molecule has 0 heterocycles. The van der Waals surface area contributed by atoms with Gasteiger partial charge < -0.3 is 16.3 Å². The van der Waals surface area contributed by atoms with Gasteiger partial charge in [0.15, 0.2) is 5.84 Å². The first-order valence-electron chi connectivity index (χ1n) is 8.45. The van der Waals surface area contributed by atoms with Crippen LogP contribution in [0.2, 0.25) is 0 Å². The van der Waals surface area contributed by atoms with Crippen LogP contribution in [0.15, 0.2) is 5.16 Å². The molecule has 2 bridgehead atoms. The van der Waals surface area contributed by atoms with Crippen LogP contribution in [0.5, 0.6) is 0 Å². The molecule has 3 rings (SSSR count). The van der Waals surface area contributed by atoms with Gasteiger partial charge in [0.25, 0.3) is 0 Å². The summed E-state index contributed by atoms with van der Waals surface area (Å²) in [6.45, 7) is 0. The van der Waals surface area contributed by atoms with E-state index in [0.29, 0.717) is 5.92 Å². The minimum Gasteiger partial charge on any atom is -0.409 e. The quantitative estimate of drug-likeness (QED) is 0.245. The zero-order valence-corrected chi connectivity index (χ0v) is 12.7. The summed E-state index contributed by atoms with van der Waals surface area (Å²) in [5.41, 5.74) is 5.34. The normalized spacial score (nSPS) is 35.4. The monoisotopic (exact) mass is 293 g/mol. The summed E-state index contributed by atoms with van der Waals surface area (Å²) < 4.78 is 0. The van der Waals surface area contributed by atoms with Crippen LogP contribution in [0, 0.1) is 17.8 Å². The molecule has 3 atom stereocenters. The molecule has 3 saturated carbocycles. The van der Waals surface area contributed by atoms with E-state index in [1.165, 1.54) is 19.3 Å². The second kappa shape index (κ2) is 5.85. The van der Waals surface area contributed by atoms with Crippen molar-refractivity contribution in [1.82, 2.24) is 5.32 Å². The predicted molar refractivity (Wildman–Crippen MR) is 80.9 cm³/mol. The minimum atomic E-state index is -0.621. The topological polar surface area (TPSA) is 87.7 Å². The van der Waals surface area contributed by atoms with Crippen LogP contribution in [0.1, 0.15) is 64.2 Å². The van der Waals surface area contributed by atoms with E-state index in [0.717, 1.165) is 50.9 Å². The van der Waals surface area contributed by atoms with Gasteiger partial charge in [-0.1, -0.05) is 37.3 Å². The summed E-state index contributed by atoms with van der Waals surface area (Å²) >= 11 is 0. The molecule has 21 heavy (non-hydrogen) atoms. The molecule has 0 aromatic rings. The smallest absolute Gasteiger partial charge is 0.224 e. The molecule has 3 unspecified atom stereocenters. The number of oxime groups is 1. The standard InChI is InChI=1S/C16H27N3O2/c17-15(19-21)16(7-3-1-2-4-8-16)18-14(20)13-10-11-5-6-12(13)9-11/h11-13,21H,1-10H2,(H2,17,19)(H,18,20). The molecule has 0 aromatic carbocycles. The Hall–Kier alpha value is -1.26. The molecule has 5 nitrogen and oxygen atoms in total. The fourth-order valence-electron chi connectivity index (χ4n) is 4.77. The number of carbonyl (C=O) groups excluding carboxylic acids is 1. The van der Waals surface area contributed by atoms with Crippen molar-refractivity contribution in [2.24, 2.45) is 28.6 Å². The molecule has 3 fully saturated rings. The van der Waals surface area contributed by atoms with Gasteiger partial charge in [-0.2, -0.15) is 0 Å². The summed E-state index contributed by atoms with van der Waals surface area (Å²) in [5.74, 6) is 1.77. The Morgan fingerprint density at radius 2 is 1.86 bits per heavy atom. The molecule has 0 radical (unpaired) electrons. The van der Waals surface area contributed by atoms with Gasteiger partial charge in [0, 0.05) is 5.92 Å². The van der Waals surface area contributed by atoms with Crippen molar-refractivity contribution in [3.05, 3.63) is 0 Å². The number of nitrogens with two attached hydrogens (primary N) is 1. The van der Waals surface area contributed by atoms with Crippen LogP contribution < -0.4 is 11.1 Å². The van der Waals surface area contributed by atoms with Crippen LogP contribution in [0.4, 0.5) is 0 Å². The zero-order valence-electron chi connectivity index (χ0n) is 12.7. The number of amides is 1. The van der Waals surface area contributed by atoms with E-state index in [-0.39, 0.29) is 17.7 Å². The van der Waals surface area contributed by atoms with Crippen molar-refractivity contribution in [2.45, 2.75) is 69.7 Å². The average molecular weight is 293 g/mol. The lowest BCUT2D eigenvalue weighted by Crippen LogP contribution is -2.58. The molecule has 0 aliphatic heterocycles. The lowest BCUT2D eigenvalue weighted by atomic mass is 9.84. The Kier molecular flexibility index (Phi) is 4.09. The van der Waals surface area contributed by atoms with Crippen molar-refractivity contribution < 1.29 is 10.0 Å². The molecule has 0 spiro atoms. The van der Waals surface area contributed by atoms with E-state index in [4.69, 9.17) is 10.9 Å². The lowest BCUT2D eigenvalue weighted by molar-refractivity contribution is -0.128. The van der Waals surface area contributed by atoms with E-state index in [1.54, 1.807) is 0 Å². The van der Waals surface area contributed by atoms with Gasteiger partial charge in [0.2, 0.25) is 5.91 Å². The van der Waals surface area contributed by atoms with Crippen LogP contribution in [0.25, 0.3) is 0 Å². The second-order valence-electron chi connectivity index (χ2n) is 7.25. The molecule has 0 aromatic heterocycles. The van der Waals surface area contributed by atoms with Gasteiger partial charge >= 0.3 is 0 Å². The van der Waals surface area contributed by atoms with Crippen LogP contribution in [-0.2, 0) is 4.79 Å². The van der Waals surface area contributed by atoms with Crippen molar-refractivity contribution in [2.75, 3.05) is 0 Å². The van der Waals surface area contributed by atoms with Crippen molar-refractivity contribution in [1.29, 1.82) is 0 Å². The van der Waals surface area contributed by atoms with Crippen LogP contribution in [0.3, 0.4) is 0 Å². The Morgan fingerprint density at radius 3 is 2.38 bits per heavy atom. The van der Waals surface area contributed by atoms with Crippen LogP contribution in [-0.4, -0.2) is 22.5 Å². The van der Waals surface area contributed by atoms with Crippen molar-refractivity contribution in [3.8, 4) is 0 Å². The maximum absolute atomic E-state index is 12.7. The summed E-state index contributed by atoms with van der Waals surface area (Å²) in [7, 11) is 0.